The summed E-state index contributed by atoms with van der Waals surface area (Å²) in [6.45, 7) is 0. The number of benzene rings is 2. The quantitative estimate of drug-likeness (QED) is 0.524. The van der Waals surface area contributed by atoms with E-state index in [1.54, 1.807) is 18.5 Å². The second-order valence-corrected chi connectivity index (χ2v) is 5.34. The lowest BCUT2D eigenvalue weighted by Crippen LogP contribution is -1.98. The van der Waals surface area contributed by atoms with Gasteiger partial charge in [0.2, 0.25) is 0 Å². The monoisotopic (exact) mass is 333 g/mol. The van der Waals surface area contributed by atoms with Crippen molar-refractivity contribution in [3.8, 4) is 6.07 Å². The Balaban J connectivity index is 1.93. The second kappa shape index (κ2) is 5.76. The van der Waals surface area contributed by atoms with Crippen LogP contribution in [0.5, 0.6) is 0 Å². The number of nitrogens with zero attached hydrogens (tertiary/aromatic N) is 5. The Bertz CT molecular complexity index is 1180. The van der Waals surface area contributed by atoms with E-state index in [9.17, 15) is 14.0 Å². The number of rotatable bonds is 2. The van der Waals surface area contributed by atoms with Crippen LogP contribution < -0.4 is 0 Å². The summed E-state index contributed by atoms with van der Waals surface area (Å²) in [5.74, 6) is -2.03. The number of hydrogen-bond donors (Lipinski definition) is 0. The lowest BCUT2D eigenvalue weighted by Gasteiger charge is -2.04. The third-order valence-corrected chi connectivity index (χ3v) is 3.84. The zero-order chi connectivity index (χ0) is 17.4. The van der Waals surface area contributed by atoms with Crippen LogP contribution in [0.4, 0.5) is 8.78 Å². The molecule has 4 rings (SSSR count). The van der Waals surface area contributed by atoms with E-state index in [1.807, 2.05) is 30.3 Å². The molecule has 2 aromatic carbocycles. The molecule has 25 heavy (non-hydrogen) atoms. The number of fused-ring (bicyclic) bond motifs is 2. The highest BCUT2D eigenvalue weighted by Crippen LogP contribution is 2.23. The van der Waals surface area contributed by atoms with Crippen molar-refractivity contribution in [1.82, 2.24) is 20.0 Å². The summed E-state index contributed by atoms with van der Waals surface area (Å²) in [7, 11) is 0. The average molecular weight is 333 g/mol. The van der Waals surface area contributed by atoms with E-state index in [0.717, 1.165) is 28.5 Å². The lowest BCUT2D eigenvalue weighted by atomic mass is 10.1. The maximum atomic E-state index is 13.6. The first kappa shape index (κ1) is 14.9. The van der Waals surface area contributed by atoms with Gasteiger partial charge in [0, 0.05) is 29.9 Å². The molecule has 0 fully saturated rings. The molecular weight excluding hydrogens is 324 g/mol. The normalized spacial score (nSPS) is 11.8. The molecule has 0 radical (unpaired) electrons. The Morgan fingerprint density at radius 1 is 1.16 bits per heavy atom. The van der Waals surface area contributed by atoms with Crippen molar-refractivity contribution in [1.29, 1.82) is 5.26 Å². The van der Waals surface area contributed by atoms with E-state index in [-0.39, 0.29) is 16.7 Å². The van der Waals surface area contributed by atoms with Crippen molar-refractivity contribution >= 4 is 33.6 Å². The van der Waals surface area contributed by atoms with Gasteiger partial charge < -0.3 is 0 Å². The molecule has 0 spiro atoms. The molecule has 7 heteroatoms. The fraction of sp³-hybridized carbons (Fsp3) is 0. The number of aromatic nitrogens is 4. The van der Waals surface area contributed by atoms with Gasteiger partial charge in [-0.2, -0.15) is 5.26 Å². The molecule has 0 saturated heterocycles. The summed E-state index contributed by atoms with van der Waals surface area (Å²) in [6.07, 6.45) is 5.01. The van der Waals surface area contributed by atoms with Gasteiger partial charge in [-0.15, -0.1) is 5.10 Å². The SMILES string of the molecule is N#C/C(=C\c1cccc2cnccc12)n1nnc2cc(F)c(F)cc21. The van der Waals surface area contributed by atoms with Crippen LogP contribution in [0.3, 0.4) is 0 Å². The first-order chi connectivity index (χ1) is 12.2. The minimum atomic E-state index is -1.02. The molecule has 4 aromatic rings. The summed E-state index contributed by atoms with van der Waals surface area (Å²) in [5.41, 5.74) is 1.30. The van der Waals surface area contributed by atoms with Gasteiger partial charge in [-0.3, -0.25) is 4.98 Å². The minimum Gasteiger partial charge on any atom is -0.264 e. The Kier molecular flexibility index (Phi) is 3.43. The summed E-state index contributed by atoms with van der Waals surface area (Å²) in [4.78, 5) is 4.07. The van der Waals surface area contributed by atoms with Crippen LogP contribution in [0.15, 0.2) is 48.8 Å². The fourth-order valence-corrected chi connectivity index (χ4v) is 2.66. The highest BCUT2D eigenvalue weighted by Gasteiger charge is 2.13. The number of allylic oxidation sites excluding steroid dienone is 1. The smallest absolute Gasteiger partial charge is 0.161 e. The van der Waals surface area contributed by atoms with Gasteiger partial charge in [0.1, 0.15) is 17.3 Å². The van der Waals surface area contributed by atoms with Crippen molar-refractivity contribution < 1.29 is 8.78 Å². The molecule has 0 N–H and O–H groups in total. The zero-order valence-corrected chi connectivity index (χ0v) is 12.7. The third-order valence-electron chi connectivity index (χ3n) is 3.84. The molecule has 120 valence electrons. The number of halogens is 2. The van der Waals surface area contributed by atoms with E-state index in [2.05, 4.69) is 15.3 Å². The van der Waals surface area contributed by atoms with Gasteiger partial charge in [0.15, 0.2) is 11.6 Å². The van der Waals surface area contributed by atoms with E-state index in [1.165, 1.54) is 4.68 Å². The lowest BCUT2D eigenvalue weighted by molar-refractivity contribution is 0.510. The molecule has 2 heterocycles. The van der Waals surface area contributed by atoms with Gasteiger partial charge in [-0.25, -0.2) is 13.5 Å². The second-order valence-electron chi connectivity index (χ2n) is 5.34. The highest BCUT2D eigenvalue weighted by atomic mass is 19.2. The van der Waals surface area contributed by atoms with Crippen LogP contribution in [0.25, 0.3) is 33.6 Å². The van der Waals surface area contributed by atoms with Crippen molar-refractivity contribution in [2.24, 2.45) is 0 Å². The molecule has 0 atom stereocenters. The first-order valence-electron chi connectivity index (χ1n) is 7.33. The fourth-order valence-electron chi connectivity index (χ4n) is 2.66. The largest absolute Gasteiger partial charge is 0.264 e. The maximum Gasteiger partial charge on any atom is 0.161 e. The molecular formula is C18H9F2N5. The van der Waals surface area contributed by atoms with E-state index >= 15 is 0 Å². The van der Waals surface area contributed by atoms with E-state index in [4.69, 9.17) is 0 Å². The first-order valence-corrected chi connectivity index (χ1v) is 7.33. The van der Waals surface area contributed by atoms with Gasteiger partial charge in [-0.05, 0) is 23.1 Å². The van der Waals surface area contributed by atoms with Gasteiger partial charge in [-0.1, -0.05) is 23.4 Å². The van der Waals surface area contributed by atoms with Gasteiger partial charge in [0.05, 0.1) is 5.52 Å². The van der Waals surface area contributed by atoms with Crippen molar-refractivity contribution in [3.05, 3.63) is 66.0 Å². The van der Waals surface area contributed by atoms with Crippen molar-refractivity contribution in [2.45, 2.75) is 0 Å². The standard InChI is InChI=1S/C18H9F2N5/c19-15-7-17-18(8-16(15)20)25(24-23-17)13(9-21)6-11-2-1-3-12-10-22-5-4-14(11)12/h1-8,10H/b13-6+. The van der Waals surface area contributed by atoms with Crippen LogP contribution in [0.1, 0.15) is 5.56 Å². The van der Waals surface area contributed by atoms with Crippen LogP contribution in [0, 0.1) is 23.0 Å². The van der Waals surface area contributed by atoms with Gasteiger partial charge in [0.25, 0.3) is 0 Å². The summed E-state index contributed by atoms with van der Waals surface area (Å²) < 4.78 is 28.1. The Morgan fingerprint density at radius 2 is 2.00 bits per heavy atom. The van der Waals surface area contributed by atoms with E-state index in [0.29, 0.717) is 0 Å². The molecule has 0 aliphatic rings. The van der Waals surface area contributed by atoms with Crippen LogP contribution in [-0.4, -0.2) is 20.0 Å². The van der Waals surface area contributed by atoms with E-state index < -0.39 is 11.6 Å². The van der Waals surface area contributed by atoms with Crippen LogP contribution >= 0.6 is 0 Å². The minimum absolute atomic E-state index is 0.137. The third kappa shape index (κ3) is 2.50. The van der Waals surface area contributed by atoms with Crippen LogP contribution in [-0.2, 0) is 0 Å². The highest BCUT2D eigenvalue weighted by molar-refractivity contribution is 5.95. The molecule has 0 aliphatic heterocycles. The summed E-state index contributed by atoms with van der Waals surface area (Å²) in [6, 6.07) is 11.4. The van der Waals surface area contributed by atoms with Crippen molar-refractivity contribution in [3.63, 3.8) is 0 Å². The molecule has 0 unspecified atom stereocenters. The Morgan fingerprint density at radius 3 is 2.84 bits per heavy atom. The predicted octanol–water partition coefficient (Wildman–Crippen LogP) is 3.78. The average Bonchev–Trinajstić information content (AvgIpc) is 3.02. The zero-order valence-electron chi connectivity index (χ0n) is 12.7. The molecule has 0 aliphatic carbocycles. The number of nitriles is 1. The molecule has 5 nitrogen and oxygen atoms in total. The van der Waals surface area contributed by atoms with Crippen LogP contribution in [0.2, 0.25) is 0 Å². The predicted molar refractivity (Wildman–Crippen MR) is 89.0 cm³/mol. The molecule has 2 aromatic heterocycles. The maximum absolute atomic E-state index is 13.6. The summed E-state index contributed by atoms with van der Waals surface area (Å²) >= 11 is 0. The van der Waals surface area contributed by atoms with Crippen molar-refractivity contribution in [2.75, 3.05) is 0 Å². The summed E-state index contributed by atoms with van der Waals surface area (Å²) in [5, 5.41) is 19.0. The Hall–Kier alpha value is -3.66. The molecule has 0 saturated carbocycles. The molecule has 0 amide bonds. The van der Waals surface area contributed by atoms with Gasteiger partial charge >= 0.3 is 0 Å². The topological polar surface area (TPSA) is 67.4 Å². The number of pyridine rings is 1. The Labute approximate surface area is 140 Å². The molecule has 0 bridgehead atoms. The number of hydrogen-bond acceptors (Lipinski definition) is 4.